The molecule has 1 unspecified atom stereocenters. The van der Waals surface area contributed by atoms with Crippen LogP contribution in [0.5, 0.6) is 0 Å². The smallest absolute Gasteiger partial charge is 0.264 e. The second kappa shape index (κ2) is 9.36. The van der Waals surface area contributed by atoms with E-state index in [9.17, 15) is 16.8 Å². The number of thiol groups is 1. The number of para-hydroxylation sites is 1. The largest absolute Gasteiger partial charge is 0.351 e. The third-order valence-electron chi connectivity index (χ3n) is 3.93. The van der Waals surface area contributed by atoms with Crippen LogP contribution in [0.4, 0.5) is 5.69 Å². The van der Waals surface area contributed by atoms with Crippen molar-refractivity contribution in [3.05, 3.63) is 29.3 Å². The zero-order valence-electron chi connectivity index (χ0n) is 16.3. The fraction of sp³-hybridized carbons (Fsp3) is 0.625. The lowest BCUT2D eigenvalue weighted by atomic mass is 10.1. The molecule has 0 aliphatic heterocycles. The minimum Gasteiger partial charge on any atom is -0.351 e. The Morgan fingerprint density at radius 2 is 1.48 bits per heavy atom. The summed E-state index contributed by atoms with van der Waals surface area (Å²) in [6.07, 6.45) is 3.88. The Morgan fingerprint density at radius 3 is 1.78 bits per heavy atom. The number of rotatable bonds is 10. The Kier molecular flexibility index (Phi) is 8.52. The van der Waals surface area contributed by atoms with Crippen LogP contribution >= 0.6 is 24.4 Å². The van der Waals surface area contributed by atoms with Gasteiger partial charge in [-0.15, -0.1) is 24.4 Å². The van der Waals surface area contributed by atoms with Crippen LogP contribution in [-0.4, -0.2) is 46.9 Å². The van der Waals surface area contributed by atoms with Gasteiger partial charge in [-0.05, 0) is 12.2 Å². The molecule has 0 N–H and O–H groups in total. The highest BCUT2D eigenvalue weighted by atomic mass is 32.2. The van der Waals surface area contributed by atoms with Gasteiger partial charge in [0.1, 0.15) is 4.20 Å². The molecule has 0 spiro atoms. The maximum Gasteiger partial charge on any atom is 0.264 e. The van der Waals surface area contributed by atoms with Crippen LogP contribution in [0.15, 0.2) is 18.2 Å². The average Bonchev–Trinajstić information content (AvgIpc) is 2.55. The summed E-state index contributed by atoms with van der Waals surface area (Å²) in [6, 6.07) is 5.17. The fourth-order valence-corrected chi connectivity index (χ4v) is 4.19. The molecule has 0 saturated heterocycles. The number of nitrogens with zero attached hydrogens (tertiary/aromatic N) is 1. The van der Waals surface area contributed by atoms with Crippen LogP contribution < -0.4 is 4.90 Å². The summed E-state index contributed by atoms with van der Waals surface area (Å²) < 4.78 is 55.0. The van der Waals surface area contributed by atoms with E-state index in [1.165, 1.54) is 11.8 Å². The highest BCUT2D eigenvalue weighted by Crippen LogP contribution is 2.43. The van der Waals surface area contributed by atoms with Crippen molar-refractivity contribution in [1.82, 2.24) is 0 Å². The molecule has 7 nitrogen and oxygen atoms in total. The maximum absolute atomic E-state index is 11.4. The van der Waals surface area contributed by atoms with Crippen molar-refractivity contribution >= 4 is 50.3 Å². The molecule has 0 heterocycles. The molecule has 0 fully saturated rings. The molecule has 1 atom stereocenters. The number of benzene rings is 1. The second-order valence-corrected chi connectivity index (χ2v) is 11.7. The normalized spacial score (nSPS) is 15.0. The highest BCUT2D eigenvalue weighted by Gasteiger charge is 2.35. The van der Waals surface area contributed by atoms with Gasteiger partial charge in [0.05, 0.1) is 25.7 Å². The first kappa shape index (κ1) is 24.6. The molecule has 0 saturated carbocycles. The Bertz CT molecular complexity index is 799. The van der Waals surface area contributed by atoms with Gasteiger partial charge in [0.15, 0.2) is 0 Å². The summed E-state index contributed by atoms with van der Waals surface area (Å²) in [7, 11) is -5.45. The lowest BCUT2D eigenvalue weighted by molar-refractivity contribution is 0.306. The Hall–Kier alpha value is -0.460. The maximum atomic E-state index is 11.4. The first-order valence-electron chi connectivity index (χ1n) is 8.02. The van der Waals surface area contributed by atoms with E-state index < -0.39 is 24.4 Å². The molecule has 1 aromatic rings. The van der Waals surface area contributed by atoms with E-state index in [-0.39, 0.29) is 19.1 Å². The molecular formula is C16H27NO6S4. The van der Waals surface area contributed by atoms with Crippen molar-refractivity contribution in [3.8, 4) is 0 Å². The summed E-state index contributed by atoms with van der Waals surface area (Å²) in [5.41, 5.74) is 1.80. The van der Waals surface area contributed by atoms with E-state index in [0.717, 1.165) is 12.5 Å². The molecule has 0 radical (unpaired) electrons. The molecule has 0 bridgehead atoms. The summed E-state index contributed by atoms with van der Waals surface area (Å²) in [4.78, 5) is 1.90. The number of anilines is 1. The van der Waals surface area contributed by atoms with Gasteiger partial charge in [-0.25, -0.2) is 0 Å². The van der Waals surface area contributed by atoms with E-state index in [1.54, 1.807) is 18.2 Å². The Morgan fingerprint density at radius 1 is 1.07 bits per heavy atom. The van der Waals surface area contributed by atoms with Gasteiger partial charge in [-0.2, -0.15) is 16.8 Å². The SMILES string of the molecule is CSC(S)(C(C)C)N(C)c1c(COS(C)(=O)=O)cccc1COS(C)(=O)=O. The van der Waals surface area contributed by atoms with Crippen molar-refractivity contribution in [3.63, 3.8) is 0 Å². The van der Waals surface area contributed by atoms with E-state index in [0.29, 0.717) is 16.8 Å². The highest BCUT2D eigenvalue weighted by molar-refractivity contribution is 8.11. The summed E-state index contributed by atoms with van der Waals surface area (Å²) >= 11 is 6.36. The van der Waals surface area contributed by atoms with Gasteiger partial charge in [-0.1, -0.05) is 32.0 Å². The van der Waals surface area contributed by atoms with Gasteiger partial charge >= 0.3 is 0 Å². The van der Waals surface area contributed by atoms with Crippen LogP contribution in [0.1, 0.15) is 25.0 Å². The molecule has 156 valence electrons. The summed E-state index contributed by atoms with van der Waals surface area (Å²) in [5.74, 6) is 0.119. The van der Waals surface area contributed by atoms with Crippen LogP contribution in [0.2, 0.25) is 0 Å². The van der Waals surface area contributed by atoms with Crippen molar-refractivity contribution in [2.45, 2.75) is 31.3 Å². The summed E-state index contributed by atoms with van der Waals surface area (Å²) in [5, 5.41) is 0. The molecular weight excluding hydrogens is 430 g/mol. The minimum absolute atomic E-state index is 0.119. The lowest BCUT2D eigenvalue weighted by Gasteiger charge is -2.43. The van der Waals surface area contributed by atoms with Crippen molar-refractivity contribution in [2.75, 3.05) is 30.7 Å². The van der Waals surface area contributed by atoms with Gasteiger partial charge in [0.2, 0.25) is 0 Å². The Balaban J connectivity index is 3.48. The number of hydrogen-bond acceptors (Lipinski definition) is 9. The first-order chi connectivity index (χ1) is 12.2. The van der Waals surface area contributed by atoms with Crippen LogP contribution in [-0.2, 0) is 41.8 Å². The molecule has 1 aromatic carbocycles. The molecule has 0 aliphatic rings. The lowest BCUT2D eigenvalue weighted by Crippen LogP contribution is -2.44. The van der Waals surface area contributed by atoms with Crippen LogP contribution in [0, 0.1) is 5.92 Å². The predicted molar refractivity (Wildman–Crippen MR) is 114 cm³/mol. The average molecular weight is 458 g/mol. The van der Waals surface area contributed by atoms with E-state index >= 15 is 0 Å². The number of thioether (sulfide) groups is 1. The van der Waals surface area contributed by atoms with Gasteiger partial charge < -0.3 is 4.90 Å². The first-order valence-corrected chi connectivity index (χ1v) is 13.3. The van der Waals surface area contributed by atoms with Gasteiger partial charge in [0, 0.05) is 23.9 Å². The monoisotopic (exact) mass is 457 g/mol. The van der Waals surface area contributed by atoms with Crippen LogP contribution in [0.25, 0.3) is 0 Å². The quantitative estimate of drug-likeness (QED) is 0.326. The van der Waals surface area contributed by atoms with Crippen LogP contribution in [0.3, 0.4) is 0 Å². The predicted octanol–water partition coefficient (Wildman–Crippen LogP) is 2.68. The third-order valence-corrected chi connectivity index (χ3v) is 7.73. The van der Waals surface area contributed by atoms with E-state index in [1.807, 2.05) is 32.1 Å². The minimum atomic E-state index is -3.64. The van der Waals surface area contributed by atoms with Gasteiger partial charge in [-0.3, -0.25) is 8.37 Å². The third kappa shape index (κ3) is 7.13. The molecule has 27 heavy (non-hydrogen) atoms. The van der Waals surface area contributed by atoms with Crippen molar-refractivity contribution in [1.29, 1.82) is 0 Å². The second-order valence-electron chi connectivity index (χ2n) is 6.43. The summed E-state index contributed by atoms with van der Waals surface area (Å²) in [6.45, 7) is 3.67. The zero-order chi connectivity index (χ0) is 21.0. The van der Waals surface area contributed by atoms with Crippen molar-refractivity contribution < 1.29 is 25.2 Å². The topological polar surface area (TPSA) is 90.0 Å². The van der Waals surface area contributed by atoms with Crippen molar-refractivity contribution in [2.24, 2.45) is 5.92 Å². The fourth-order valence-electron chi connectivity index (χ4n) is 2.57. The molecule has 1 rings (SSSR count). The number of hydrogen-bond donors (Lipinski definition) is 1. The Labute approximate surface area is 172 Å². The van der Waals surface area contributed by atoms with Gasteiger partial charge in [0.25, 0.3) is 20.2 Å². The zero-order valence-corrected chi connectivity index (χ0v) is 19.6. The molecule has 0 amide bonds. The van der Waals surface area contributed by atoms with E-state index in [4.69, 9.17) is 21.0 Å². The molecule has 11 heteroatoms. The standard InChI is InChI=1S/C16H27NO6S4/c1-12(2)16(24,25-4)17(3)15-13(10-22-26(5,18)19)8-7-9-14(15)11-23-27(6,20)21/h7-9,12,24H,10-11H2,1-6H3. The molecule has 0 aliphatic carbocycles. The van der Waals surface area contributed by atoms with E-state index in [2.05, 4.69) is 0 Å². The molecule has 0 aromatic heterocycles.